The van der Waals surface area contributed by atoms with E-state index in [9.17, 15) is 8.42 Å². The minimum absolute atomic E-state index is 0.000325. The van der Waals surface area contributed by atoms with Crippen molar-refractivity contribution >= 4 is 21.7 Å². The summed E-state index contributed by atoms with van der Waals surface area (Å²) in [6.45, 7) is 2.24. The maximum absolute atomic E-state index is 12.2. The molecule has 0 aromatic heterocycles. The molecule has 144 valence electrons. The normalized spacial score (nSPS) is 20.9. The second-order valence-corrected chi connectivity index (χ2v) is 8.59. The number of aliphatic imine (C=N–C) groups is 1. The van der Waals surface area contributed by atoms with E-state index in [0.717, 1.165) is 44.5 Å². The van der Waals surface area contributed by atoms with E-state index in [2.05, 4.69) is 32.1 Å². The molecule has 2 aliphatic heterocycles. The van der Waals surface area contributed by atoms with Crippen molar-refractivity contribution < 1.29 is 13.2 Å². The summed E-state index contributed by atoms with van der Waals surface area (Å²) < 4.78 is 32.6. The number of nitrogens with zero attached hydrogens (tertiary/aromatic N) is 2. The fourth-order valence-electron chi connectivity index (χ4n) is 3.41. The predicted molar refractivity (Wildman–Crippen MR) is 104 cm³/mol. The number of ether oxygens (including phenoxy) is 1. The number of anilines is 1. The van der Waals surface area contributed by atoms with Crippen LogP contribution in [-0.2, 0) is 21.2 Å². The number of nitrogens with one attached hydrogen (secondary N) is 2. The van der Waals surface area contributed by atoms with Gasteiger partial charge in [-0.1, -0.05) is 18.2 Å². The first kappa shape index (κ1) is 19.1. The lowest BCUT2D eigenvalue weighted by Crippen LogP contribution is -2.44. The van der Waals surface area contributed by atoms with E-state index in [4.69, 9.17) is 4.74 Å². The molecule has 0 radical (unpaired) electrons. The molecule has 7 nitrogen and oxygen atoms in total. The third-order valence-electron chi connectivity index (χ3n) is 4.81. The van der Waals surface area contributed by atoms with Crippen LogP contribution in [0.5, 0.6) is 0 Å². The van der Waals surface area contributed by atoms with Crippen LogP contribution in [0.25, 0.3) is 0 Å². The topological polar surface area (TPSA) is 83.0 Å². The van der Waals surface area contributed by atoms with Crippen LogP contribution in [-0.4, -0.2) is 59.5 Å². The molecule has 1 unspecified atom stereocenters. The first-order chi connectivity index (χ1) is 12.6. The van der Waals surface area contributed by atoms with Gasteiger partial charge in [-0.15, -0.1) is 0 Å². The molecule has 1 aromatic rings. The SMILES string of the molecule is CN=C(NCCS(=O)(=O)NCC1CCCCO1)N1CCc2ccccc21. The van der Waals surface area contributed by atoms with Crippen LogP contribution < -0.4 is 14.9 Å². The Labute approximate surface area is 155 Å². The van der Waals surface area contributed by atoms with Gasteiger partial charge in [0, 0.05) is 39.0 Å². The summed E-state index contributed by atoms with van der Waals surface area (Å²) in [7, 11) is -1.62. The van der Waals surface area contributed by atoms with Gasteiger partial charge >= 0.3 is 0 Å². The van der Waals surface area contributed by atoms with Crippen molar-refractivity contribution in [2.75, 3.05) is 43.9 Å². The van der Waals surface area contributed by atoms with Crippen LogP contribution in [0, 0.1) is 0 Å². The Morgan fingerprint density at radius 1 is 1.35 bits per heavy atom. The molecular weight excluding hydrogens is 352 g/mol. The van der Waals surface area contributed by atoms with Crippen molar-refractivity contribution in [3.8, 4) is 0 Å². The lowest BCUT2D eigenvalue weighted by atomic mass is 10.1. The number of guanidine groups is 1. The van der Waals surface area contributed by atoms with Gasteiger partial charge in [-0.25, -0.2) is 13.1 Å². The van der Waals surface area contributed by atoms with E-state index in [-0.39, 0.29) is 11.9 Å². The van der Waals surface area contributed by atoms with E-state index < -0.39 is 10.0 Å². The fraction of sp³-hybridized carbons (Fsp3) is 0.611. The molecule has 0 bridgehead atoms. The van der Waals surface area contributed by atoms with E-state index in [1.54, 1.807) is 7.05 Å². The van der Waals surface area contributed by atoms with Crippen molar-refractivity contribution in [3.05, 3.63) is 29.8 Å². The minimum Gasteiger partial charge on any atom is -0.377 e. The Morgan fingerprint density at radius 3 is 2.96 bits per heavy atom. The van der Waals surface area contributed by atoms with Gasteiger partial charge < -0.3 is 15.0 Å². The van der Waals surface area contributed by atoms with Crippen LogP contribution in [0.15, 0.2) is 29.3 Å². The Kier molecular flexibility index (Phi) is 6.50. The van der Waals surface area contributed by atoms with Gasteiger partial charge in [-0.3, -0.25) is 4.99 Å². The minimum atomic E-state index is -3.33. The van der Waals surface area contributed by atoms with Gasteiger partial charge in [0.05, 0.1) is 11.9 Å². The van der Waals surface area contributed by atoms with Gasteiger partial charge in [0.2, 0.25) is 10.0 Å². The zero-order valence-corrected chi connectivity index (χ0v) is 16.1. The third-order valence-corrected chi connectivity index (χ3v) is 6.16. The Bertz CT molecular complexity index is 730. The lowest BCUT2D eigenvalue weighted by molar-refractivity contribution is 0.0200. The monoisotopic (exact) mass is 380 g/mol. The van der Waals surface area contributed by atoms with E-state index in [1.807, 2.05) is 12.1 Å². The number of para-hydroxylation sites is 1. The fourth-order valence-corrected chi connectivity index (χ4v) is 4.37. The van der Waals surface area contributed by atoms with Gasteiger partial charge in [0.1, 0.15) is 0 Å². The maximum Gasteiger partial charge on any atom is 0.213 e. The highest BCUT2D eigenvalue weighted by atomic mass is 32.2. The number of benzene rings is 1. The first-order valence-electron chi connectivity index (χ1n) is 9.24. The van der Waals surface area contributed by atoms with Crippen molar-refractivity contribution in [1.29, 1.82) is 0 Å². The number of rotatable bonds is 6. The van der Waals surface area contributed by atoms with Gasteiger partial charge in [0.25, 0.3) is 0 Å². The molecule has 2 aliphatic rings. The first-order valence-corrected chi connectivity index (χ1v) is 10.9. The predicted octanol–water partition coefficient (Wildman–Crippen LogP) is 1.11. The molecule has 0 aliphatic carbocycles. The van der Waals surface area contributed by atoms with Crippen molar-refractivity contribution in [3.63, 3.8) is 0 Å². The average molecular weight is 381 g/mol. The second-order valence-electron chi connectivity index (χ2n) is 6.66. The van der Waals surface area contributed by atoms with Crippen molar-refractivity contribution in [2.45, 2.75) is 31.8 Å². The molecular formula is C18H28N4O3S. The van der Waals surface area contributed by atoms with Gasteiger partial charge in [0.15, 0.2) is 5.96 Å². The molecule has 3 rings (SSSR count). The molecule has 2 heterocycles. The quantitative estimate of drug-likeness (QED) is 0.571. The molecule has 8 heteroatoms. The Morgan fingerprint density at radius 2 is 2.19 bits per heavy atom. The number of sulfonamides is 1. The van der Waals surface area contributed by atoms with Crippen LogP contribution >= 0.6 is 0 Å². The summed E-state index contributed by atoms with van der Waals surface area (Å²) in [5.74, 6) is 0.717. The molecule has 0 saturated carbocycles. The smallest absolute Gasteiger partial charge is 0.213 e. The van der Waals surface area contributed by atoms with E-state index >= 15 is 0 Å². The Balaban J connectivity index is 1.47. The van der Waals surface area contributed by atoms with Crippen molar-refractivity contribution in [2.24, 2.45) is 4.99 Å². The molecule has 26 heavy (non-hydrogen) atoms. The number of fused-ring (bicyclic) bond motifs is 1. The summed E-state index contributed by atoms with van der Waals surface area (Å²) in [5, 5.41) is 3.17. The molecule has 1 fully saturated rings. The number of hydrogen-bond acceptors (Lipinski definition) is 4. The van der Waals surface area contributed by atoms with Gasteiger partial charge in [-0.05, 0) is 37.3 Å². The van der Waals surface area contributed by atoms with Gasteiger partial charge in [-0.2, -0.15) is 0 Å². The zero-order chi connectivity index (χ0) is 18.4. The third kappa shape index (κ3) is 4.96. The second kappa shape index (κ2) is 8.83. The summed E-state index contributed by atoms with van der Waals surface area (Å²) in [6, 6.07) is 8.22. The van der Waals surface area contributed by atoms with Crippen LogP contribution in [0.1, 0.15) is 24.8 Å². The van der Waals surface area contributed by atoms with Crippen LogP contribution in [0.4, 0.5) is 5.69 Å². The highest BCUT2D eigenvalue weighted by molar-refractivity contribution is 7.89. The van der Waals surface area contributed by atoms with E-state index in [1.165, 1.54) is 5.56 Å². The molecule has 1 aromatic carbocycles. The molecule has 2 N–H and O–H groups in total. The standard InChI is InChI=1S/C18H28N4O3S/c1-19-18(22-11-9-15-6-2-3-8-17(15)22)20-10-13-26(23,24)21-14-16-7-4-5-12-25-16/h2-3,6,8,16,21H,4-5,7,9-14H2,1H3,(H,19,20). The molecule has 0 spiro atoms. The molecule has 1 saturated heterocycles. The highest BCUT2D eigenvalue weighted by Gasteiger charge is 2.23. The summed E-state index contributed by atoms with van der Waals surface area (Å²) in [5.41, 5.74) is 2.42. The lowest BCUT2D eigenvalue weighted by Gasteiger charge is -2.23. The average Bonchev–Trinajstić information content (AvgIpc) is 3.09. The Hall–Kier alpha value is -1.64. The highest BCUT2D eigenvalue weighted by Crippen LogP contribution is 2.27. The molecule has 1 atom stereocenters. The summed E-state index contributed by atoms with van der Waals surface area (Å²) >= 11 is 0. The van der Waals surface area contributed by atoms with Crippen molar-refractivity contribution in [1.82, 2.24) is 10.0 Å². The summed E-state index contributed by atoms with van der Waals surface area (Å²) in [6.07, 6.45) is 4.05. The number of hydrogen-bond donors (Lipinski definition) is 2. The van der Waals surface area contributed by atoms with Crippen LogP contribution in [0.2, 0.25) is 0 Å². The summed E-state index contributed by atoms with van der Waals surface area (Å²) in [4.78, 5) is 6.41. The van der Waals surface area contributed by atoms with Crippen LogP contribution in [0.3, 0.4) is 0 Å². The largest absolute Gasteiger partial charge is 0.377 e. The maximum atomic E-state index is 12.2. The zero-order valence-electron chi connectivity index (χ0n) is 15.3. The van der Waals surface area contributed by atoms with E-state index in [0.29, 0.717) is 19.0 Å². The molecule has 0 amide bonds.